The molecule has 0 fully saturated rings. The van der Waals surface area contributed by atoms with E-state index in [1.807, 2.05) is 0 Å². The number of nitrogens with zero attached hydrogens (tertiary/aromatic N) is 3. The third kappa shape index (κ3) is 8.63. The second-order valence-corrected chi connectivity index (χ2v) is 12.3. The minimum Gasteiger partial charge on any atom is -0.417 e. The lowest BCUT2D eigenvalue weighted by atomic mass is 9.83. The average molecular weight is 332 g/mol. The van der Waals surface area contributed by atoms with Crippen molar-refractivity contribution in [1.29, 1.82) is 0 Å². The quantitative estimate of drug-likeness (QED) is 0.512. The summed E-state index contributed by atoms with van der Waals surface area (Å²) in [5.74, 6) is 0. The first-order valence-corrected chi connectivity index (χ1v) is 11.5. The topological polar surface area (TPSA) is 19.0 Å². The van der Waals surface area contributed by atoms with Gasteiger partial charge >= 0.3 is 0 Å². The van der Waals surface area contributed by atoms with Crippen molar-refractivity contribution in [2.24, 2.45) is 5.41 Å². The van der Waals surface area contributed by atoms with Crippen molar-refractivity contribution >= 4 is 8.32 Å². The van der Waals surface area contributed by atoms with Gasteiger partial charge in [0.2, 0.25) is 0 Å². The standard InChI is InChI=1S/C17H41N3OSi/c1-10-21-22(9,11-2)13-12-17(14-18(3)4,15-19(5)6)16-20(7)8/h10-16H2,1-9H3. The Morgan fingerprint density at radius 3 is 1.50 bits per heavy atom. The molecule has 0 rings (SSSR count). The first kappa shape index (κ1) is 22.1. The van der Waals surface area contributed by atoms with Crippen molar-refractivity contribution in [2.75, 3.05) is 68.5 Å². The van der Waals surface area contributed by atoms with Crippen LogP contribution in [0.4, 0.5) is 0 Å². The highest BCUT2D eigenvalue weighted by molar-refractivity contribution is 6.72. The zero-order chi connectivity index (χ0) is 17.4. The van der Waals surface area contributed by atoms with Crippen LogP contribution in [0.3, 0.4) is 0 Å². The molecule has 22 heavy (non-hydrogen) atoms. The molecule has 1 atom stereocenters. The minimum absolute atomic E-state index is 0.303. The van der Waals surface area contributed by atoms with Gasteiger partial charge in [-0.25, -0.2) is 0 Å². The van der Waals surface area contributed by atoms with Crippen molar-refractivity contribution < 1.29 is 4.43 Å². The van der Waals surface area contributed by atoms with Gasteiger partial charge in [-0.05, 0) is 74.3 Å². The number of rotatable bonds is 12. The second kappa shape index (κ2) is 10.0. The molecule has 134 valence electrons. The molecule has 0 saturated heterocycles. The smallest absolute Gasteiger partial charge is 0.189 e. The molecule has 0 aromatic rings. The predicted molar refractivity (Wildman–Crippen MR) is 101 cm³/mol. The van der Waals surface area contributed by atoms with Crippen molar-refractivity contribution in [3.63, 3.8) is 0 Å². The fraction of sp³-hybridized carbons (Fsp3) is 1.00. The third-order valence-corrected chi connectivity index (χ3v) is 8.17. The van der Waals surface area contributed by atoms with E-state index in [2.05, 4.69) is 77.4 Å². The Kier molecular flexibility index (Phi) is 10.1. The van der Waals surface area contributed by atoms with Crippen LogP contribution in [0.25, 0.3) is 0 Å². The normalized spacial score (nSPS) is 15.8. The first-order valence-electron chi connectivity index (χ1n) is 8.66. The van der Waals surface area contributed by atoms with Gasteiger partial charge in [-0.15, -0.1) is 0 Å². The summed E-state index contributed by atoms with van der Waals surface area (Å²) in [5.41, 5.74) is 0.303. The van der Waals surface area contributed by atoms with Crippen LogP contribution in [0.1, 0.15) is 20.3 Å². The monoisotopic (exact) mass is 331 g/mol. The van der Waals surface area contributed by atoms with E-state index in [-0.39, 0.29) is 0 Å². The lowest BCUT2D eigenvalue weighted by Crippen LogP contribution is -2.49. The van der Waals surface area contributed by atoms with Gasteiger partial charge in [-0.2, -0.15) is 0 Å². The molecule has 0 heterocycles. The Bertz CT molecular complexity index is 271. The zero-order valence-corrected chi connectivity index (χ0v) is 17.7. The summed E-state index contributed by atoms with van der Waals surface area (Å²) in [6.45, 7) is 11.1. The van der Waals surface area contributed by atoms with Crippen LogP contribution in [0.5, 0.6) is 0 Å². The van der Waals surface area contributed by atoms with Gasteiger partial charge in [0.15, 0.2) is 8.32 Å². The molecule has 4 nitrogen and oxygen atoms in total. The summed E-state index contributed by atoms with van der Waals surface area (Å²) in [5, 5.41) is 0. The molecule has 0 spiro atoms. The van der Waals surface area contributed by atoms with E-state index in [1.54, 1.807) is 0 Å². The third-order valence-electron chi connectivity index (χ3n) is 4.38. The van der Waals surface area contributed by atoms with Crippen LogP contribution in [0, 0.1) is 5.41 Å². The van der Waals surface area contributed by atoms with Crippen LogP contribution in [-0.4, -0.2) is 91.5 Å². The van der Waals surface area contributed by atoms with Gasteiger partial charge in [0.25, 0.3) is 0 Å². The molecule has 0 amide bonds. The van der Waals surface area contributed by atoms with Crippen LogP contribution in [-0.2, 0) is 4.43 Å². The van der Waals surface area contributed by atoms with Crippen molar-refractivity contribution in [1.82, 2.24) is 14.7 Å². The molecule has 0 aromatic carbocycles. The van der Waals surface area contributed by atoms with Gasteiger partial charge in [-0.3, -0.25) is 0 Å². The van der Waals surface area contributed by atoms with E-state index in [0.29, 0.717) is 5.41 Å². The fourth-order valence-corrected chi connectivity index (χ4v) is 6.09. The van der Waals surface area contributed by atoms with E-state index >= 15 is 0 Å². The molecule has 0 saturated carbocycles. The predicted octanol–water partition coefficient (Wildman–Crippen LogP) is 2.68. The van der Waals surface area contributed by atoms with E-state index in [0.717, 1.165) is 26.2 Å². The largest absolute Gasteiger partial charge is 0.417 e. The Balaban J connectivity index is 5.16. The van der Waals surface area contributed by atoms with Crippen molar-refractivity contribution in [3.8, 4) is 0 Å². The Morgan fingerprint density at radius 2 is 1.23 bits per heavy atom. The minimum atomic E-state index is -1.54. The molecule has 0 radical (unpaired) electrons. The van der Waals surface area contributed by atoms with E-state index in [9.17, 15) is 0 Å². The SMILES string of the molecule is CCO[Si](C)(CC)CCC(CN(C)C)(CN(C)C)CN(C)C. The molecule has 0 aliphatic carbocycles. The number of hydrogen-bond acceptors (Lipinski definition) is 4. The average Bonchev–Trinajstić information content (AvgIpc) is 2.34. The second-order valence-electron chi connectivity index (χ2n) is 7.95. The number of hydrogen-bond donors (Lipinski definition) is 0. The summed E-state index contributed by atoms with van der Waals surface area (Å²) >= 11 is 0. The van der Waals surface area contributed by atoms with Gasteiger partial charge in [-0.1, -0.05) is 6.92 Å². The zero-order valence-electron chi connectivity index (χ0n) is 16.7. The van der Waals surface area contributed by atoms with E-state index in [4.69, 9.17) is 4.43 Å². The summed E-state index contributed by atoms with van der Waals surface area (Å²) in [6, 6.07) is 2.47. The summed E-state index contributed by atoms with van der Waals surface area (Å²) < 4.78 is 6.19. The molecular formula is C17H41N3OSi. The Hall–Kier alpha value is 0.0569. The molecular weight excluding hydrogens is 290 g/mol. The molecule has 0 bridgehead atoms. The molecule has 0 aliphatic heterocycles. The lowest BCUT2D eigenvalue weighted by molar-refractivity contribution is 0.0991. The van der Waals surface area contributed by atoms with Gasteiger partial charge < -0.3 is 19.1 Å². The molecule has 1 unspecified atom stereocenters. The van der Waals surface area contributed by atoms with Gasteiger partial charge in [0.05, 0.1) is 0 Å². The van der Waals surface area contributed by atoms with E-state index in [1.165, 1.54) is 18.5 Å². The highest BCUT2D eigenvalue weighted by Gasteiger charge is 2.36. The molecule has 0 N–H and O–H groups in total. The summed E-state index contributed by atoms with van der Waals surface area (Å²) in [4.78, 5) is 7.04. The van der Waals surface area contributed by atoms with E-state index < -0.39 is 8.32 Å². The molecule has 5 heteroatoms. The van der Waals surface area contributed by atoms with Crippen molar-refractivity contribution in [2.45, 2.75) is 38.9 Å². The molecule has 0 aromatic heterocycles. The Morgan fingerprint density at radius 1 is 0.818 bits per heavy atom. The summed E-state index contributed by atoms with van der Waals surface area (Å²) in [6.07, 6.45) is 1.25. The van der Waals surface area contributed by atoms with Crippen molar-refractivity contribution in [3.05, 3.63) is 0 Å². The fourth-order valence-electron chi connectivity index (χ4n) is 3.63. The first-order chi connectivity index (χ1) is 10.1. The van der Waals surface area contributed by atoms with Crippen LogP contribution >= 0.6 is 0 Å². The Labute approximate surface area is 140 Å². The van der Waals surface area contributed by atoms with Gasteiger partial charge in [0.1, 0.15) is 0 Å². The van der Waals surface area contributed by atoms with Gasteiger partial charge in [0, 0.05) is 31.7 Å². The van der Waals surface area contributed by atoms with Crippen LogP contribution < -0.4 is 0 Å². The highest BCUT2D eigenvalue weighted by atomic mass is 28.4. The maximum Gasteiger partial charge on any atom is 0.189 e. The van der Waals surface area contributed by atoms with Crippen LogP contribution in [0.15, 0.2) is 0 Å². The summed E-state index contributed by atoms with van der Waals surface area (Å²) in [7, 11) is 11.6. The lowest BCUT2D eigenvalue weighted by Gasteiger charge is -2.42. The maximum atomic E-state index is 6.19. The molecule has 0 aliphatic rings. The maximum absolute atomic E-state index is 6.19. The van der Waals surface area contributed by atoms with Crippen LogP contribution in [0.2, 0.25) is 18.6 Å². The highest BCUT2D eigenvalue weighted by Crippen LogP contribution is 2.32.